The lowest BCUT2D eigenvalue weighted by Crippen LogP contribution is -2.21. The third-order valence-electron chi connectivity index (χ3n) is 3.34. The summed E-state index contributed by atoms with van der Waals surface area (Å²) in [6.45, 7) is 1.83. The maximum absolute atomic E-state index is 12.9. The molecule has 0 N–H and O–H groups in total. The molecular formula is C18H15ClN2OS. The second-order valence-electron chi connectivity index (χ2n) is 4.99. The average molecular weight is 343 g/mol. The van der Waals surface area contributed by atoms with Gasteiger partial charge in [-0.15, -0.1) is 0 Å². The maximum atomic E-state index is 12.9. The minimum Gasteiger partial charge on any atom is -0.268 e. The van der Waals surface area contributed by atoms with Crippen molar-refractivity contribution in [2.45, 2.75) is 12.1 Å². The first kappa shape index (κ1) is 15.8. The molecule has 0 spiro atoms. The van der Waals surface area contributed by atoms with Crippen LogP contribution in [0.25, 0.3) is 16.6 Å². The van der Waals surface area contributed by atoms with Crippen LogP contribution in [0.2, 0.25) is 0 Å². The van der Waals surface area contributed by atoms with Crippen molar-refractivity contribution in [3.63, 3.8) is 0 Å². The number of rotatable bonds is 4. The van der Waals surface area contributed by atoms with Gasteiger partial charge in [0.2, 0.25) is 0 Å². The van der Waals surface area contributed by atoms with Gasteiger partial charge in [0.1, 0.15) is 0 Å². The molecule has 0 aliphatic carbocycles. The van der Waals surface area contributed by atoms with Crippen LogP contribution in [0.5, 0.6) is 0 Å². The van der Waals surface area contributed by atoms with Gasteiger partial charge >= 0.3 is 0 Å². The van der Waals surface area contributed by atoms with Crippen LogP contribution in [0.3, 0.4) is 0 Å². The van der Waals surface area contributed by atoms with E-state index < -0.39 is 0 Å². The van der Waals surface area contributed by atoms with Gasteiger partial charge in [0.15, 0.2) is 5.16 Å². The van der Waals surface area contributed by atoms with Crippen LogP contribution in [0.4, 0.5) is 0 Å². The molecule has 23 heavy (non-hydrogen) atoms. The summed E-state index contributed by atoms with van der Waals surface area (Å²) < 4.78 is 1.66. The molecule has 1 aromatic heterocycles. The molecule has 0 radical (unpaired) electrons. The van der Waals surface area contributed by atoms with E-state index in [0.29, 0.717) is 21.8 Å². The SMILES string of the molecule is C/C(Cl)=C\CSc1nc2ccccc2c(=O)n1-c1ccccc1. The van der Waals surface area contributed by atoms with Crippen molar-refractivity contribution in [3.8, 4) is 5.69 Å². The van der Waals surface area contributed by atoms with E-state index in [9.17, 15) is 4.79 Å². The molecule has 3 rings (SSSR count). The summed E-state index contributed by atoms with van der Waals surface area (Å²) in [7, 11) is 0. The Balaban J connectivity index is 2.19. The Bertz CT molecular complexity index is 915. The van der Waals surface area contributed by atoms with E-state index >= 15 is 0 Å². The Hall–Kier alpha value is -2.04. The zero-order chi connectivity index (χ0) is 16.2. The van der Waals surface area contributed by atoms with Gasteiger partial charge in [-0.1, -0.05) is 59.8 Å². The molecule has 0 saturated carbocycles. The van der Waals surface area contributed by atoms with Gasteiger partial charge in [-0.05, 0) is 31.2 Å². The Morgan fingerprint density at radius 2 is 1.87 bits per heavy atom. The summed E-state index contributed by atoms with van der Waals surface area (Å²) in [5, 5.41) is 2.01. The minimum atomic E-state index is -0.0594. The second-order valence-corrected chi connectivity index (χ2v) is 6.57. The number of benzene rings is 2. The fourth-order valence-electron chi connectivity index (χ4n) is 2.24. The third kappa shape index (κ3) is 3.49. The molecule has 0 bridgehead atoms. The molecule has 0 fully saturated rings. The predicted octanol–water partition coefficient (Wildman–Crippen LogP) is 4.62. The number of nitrogens with zero attached hydrogens (tertiary/aromatic N) is 2. The Labute approximate surface area is 143 Å². The van der Waals surface area contributed by atoms with Gasteiger partial charge < -0.3 is 0 Å². The van der Waals surface area contributed by atoms with Gasteiger partial charge in [0, 0.05) is 10.8 Å². The van der Waals surface area contributed by atoms with Crippen molar-refractivity contribution >= 4 is 34.3 Å². The highest BCUT2D eigenvalue weighted by Gasteiger charge is 2.12. The molecule has 3 aromatic rings. The quantitative estimate of drug-likeness (QED) is 0.512. The monoisotopic (exact) mass is 342 g/mol. The molecule has 0 saturated heterocycles. The highest BCUT2D eigenvalue weighted by molar-refractivity contribution is 7.99. The molecule has 0 amide bonds. The normalized spacial score (nSPS) is 11.8. The lowest BCUT2D eigenvalue weighted by atomic mass is 10.2. The molecule has 116 valence electrons. The van der Waals surface area contributed by atoms with Gasteiger partial charge in [-0.2, -0.15) is 0 Å². The van der Waals surface area contributed by atoms with Crippen LogP contribution in [0, 0.1) is 0 Å². The zero-order valence-corrected chi connectivity index (χ0v) is 14.1. The van der Waals surface area contributed by atoms with Crippen molar-refractivity contribution in [2.75, 3.05) is 5.75 Å². The number of thioether (sulfide) groups is 1. The van der Waals surface area contributed by atoms with Gasteiger partial charge in [-0.25, -0.2) is 4.98 Å². The molecule has 0 atom stereocenters. The fourth-order valence-corrected chi connectivity index (χ4v) is 3.38. The summed E-state index contributed by atoms with van der Waals surface area (Å²) in [6, 6.07) is 17.0. The van der Waals surface area contributed by atoms with Gasteiger partial charge in [0.05, 0.1) is 16.6 Å². The van der Waals surface area contributed by atoms with Crippen LogP contribution in [-0.2, 0) is 0 Å². The van der Waals surface area contributed by atoms with E-state index in [-0.39, 0.29) is 5.56 Å². The van der Waals surface area contributed by atoms with Crippen LogP contribution < -0.4 is 5.56 Å². The van der Waals surface area contributed by atoms with E-state index in [1.807, 2.05) is 61.5 Å². The van der Waals surface area contributed by atoms with E-state index in [4.69, 9.17) is 11.6 Å². The lowest BCUT2D eigenvalue weighted by Gasteiger charge is -2.12. The number of fused-ring (bicyclic) bond motifs is 1. The van der Waals surface area contributed by atoms with Crippen LogP contribution in [0.15, 0.2) is 75.7 Å². The largest absolute Gasteiger partial charge is 0.268 e. The molecule has 0 unspecified atom stereocenters. The van der Waals surface area contributed by atoms with Crippen LogP contribution in [0.1, 0.15) is 6.92 Å². The number of aromatic nitrogens is 2. The number of allylic oxidation sites excluding steroid dienone is 1. The second kappa shape index (κ2) is 7.02. The molecule has 1 heterocycles. The first-order valence-corrected chi connectivity index (χ1v) is 8.55. The third-order valence-corrected chi connectivity index (χ3v) is 4.36. The molecule has 0 aliphatic heterocycles. The number of hydrogen-bond donors (Lipinski definition) is 0. The Morgan fingerprint density at radius 1 is 1.17 bits per heavy atom. The number of halogens is 1. The van der Waals surface area contributed by atoms with Gasteiger partial charge in [0.25, 0.3) is 5.56 Å². The highest BCUT2D eigenvalue weighted by Crippen LogP contribution is 2.21. The first-order valence-electron chi connectivity index (χ1n) is 7.19. The lowest BCUT2D eigenvalue weighted by molar-refractivity contribution is 0.821. The van der Waals surface area contributed by atoms with Gasteiger partial charge in [-0.3, -0.25) is 9.36 Å². The zero-order valence-electron chi connectivity index (χ0n) is 12.6. The molecule has 0 aliphatic rings. The fraction of sp³-hybridized carbons (Fsp3) is 0.111. The standard InChI is InChI=1S/C18H15ClN2OS/c1-13(19)11-12-23-18-20-16-10-6-5-9-15(16)17(22)21(18)14-7-3-2-4-8-14/h2-11H,12H2,1H3/b13-11+. The summed E-state index contributed by atoms with van der Waals surface area (Å²) in [4.78, 5) is 17.6. The van der Waals surface area contributed by atoms with Crippen molar-refractivity contribution in [1.29, 1.82) is 0 Å². The van der Waals surface area contributed by atoms with Crippen molar-refractivity contribution in [1.82, 2.24) is 9.55 Å². The highest BCUT2D eigenvalue weighted by atomic mass is 35.5. The number of hydrogen-bond acceptors (Lipinski definition) is 3. The smallest absolute Gasteiger partial charge is 0.266 e. The molecule has 3 nitrogen and oxygen atoms in total. The van der Waals surface area contributed by atoms with E-state index in [1.54, 1.807) is 10.6 Å². The first-order chi connectivity index (χ1) is 11.2. The summed E-state index contributed by atoms with van der Waals surface area (Å²) >= 11 is 7.38. The van der Waals surface area contributed by atoms with Crippen molar-refractivity contribution < 1.29 is 0 Å². The summed E-state index contributed by atoms with van der Waals surface area (Å²) in [6.07, 6.45) is 1.91. The topological polar surface area (TPSA) is 34.9 Å². The van der Waals surface area contributed by atoms with Crippen molar-refractivity contribution in [3.05, 3.63) is 76.1 Å². The van der Waals surface area contributed by atoms with Crippen LogP contribution >= 0.6 is 23.4 Å². The summed E-state index contributed by atoms with van der Waals surface area (Å²) in [5.41, 5.74) is 1.46. The average Bonchev–Trinajstić information content (AvgIpc) is 2.55. The predicted molar refractivity (Wildman–Crippen MR) is 97.7 cm³/mol. The van der Waals surface area contributed by atoms with E-state index in [2.05, 4.69) is 4.98 Å². The van der Waals surface area contributed by atoms with E-state index in [0.717, 1.165) is 10.7 Å². The Morgan fingerprint density at radius 3 is 2.61 bits per heavy atom. The maximum Gasteiger partial charge on any atom is 0.266 e. The minimum absolute atomic E-state index is 0.0594. The Kier molecular flexibility index (Phi) is 4.84. The van der Waals surface area contributed by atoms with E-state index in [1.165, 1.54) is 11.8 Å². The molecule has 5 heteroatoms. The molecular weight excluding hydrogens is 328 g/mol. The molecule has 2 aromatic carbocycles. The summed E-state index contributed by atoms with van der Waals surface area (Å²) in [5.74, 6) is 0.660. The van der Waals surface area contributed by atoms with Crippen molar-refractivity contribution in [2.24, 2.45) is 0 Å². The number of para-hydroxylation sites is 2. The van der Waals surface area contributed by atoms with Crippen LogP contribution in [-0.4, -0.2) is 15.3 Å².